The molecule has 0 fully saturated rings. The number of nitrogens with zero attached hydrogens (tertiary/aromatic N) is 6. The predicted molar refractivity (Wildman–Crippen MR) is 163 cm³/mol. The van der Waals surface area contributed by atoms with Crippen molar-refractivity contribution < 1.29 is 23.5 Å². The molecular weight excluding hydrogens is 566 g/mol. The molecule has 44 heavy (non-hydrogen) atoms. The summed E-state index contributed by atoms with van der Waals surface area (Å²) in [5, 5.41) is 17.9. The molecule has 0 atom stereocenters. The number of carbonyl (C=O) groups excluding carboxylic acids is 3. The summed E-state index contributed by atoms with van der Waals surface area (Å²) in [4.78, 5) is 46.1. The predicted octanol–water partition coefficient (Wildman–Crippen LogP) is 4.48. The van der Waals surface area contributed by atoms with Crippen molar-refractivity contribution in [3.8, 4) is 11.6 Å². The Morgan fingerprint density at radius 3 is 2.50 bits per heavy atom. The fourth-order valence-electron chi connectivity index (χ4n) is 4.50. The number of fused-ring (bicyclic) bond motifs is 3. The van der Waals surface area contributed by atoms with E-state index in [9.17, 15) is 14.4 Å². The van der Waals surface area contributed by atoms with Gasteiger partial charge < -0.3 is 19.8 Å². The van der Waals surface area contributed by atoms with Gasteiger partial charge in [0, 0.05) is 31.9 Å². The third kappa shape index (κ3) is 7.76. The molecule has 0 saturated carbocycles. The number of anilines is 2. The molecule has 14 nitrogen and oxygen atoms in total. The Labute approximate surface area is 253 Å². The van der Waals surface area contributed by atoms with Gasteiger partial charge in [0.25, 0.3) is 0 Å². The van der Waals surface area contributed by atoms with Crippen molar-refractivity contribution in [1.29, 1.82) is 0 Å². The molecule has 5 rings (SSSR count). The van der Waals surface area contributed by atoms with E-state index < -0.39 is 11.6 Å². The first-order valence-corrected chi connectivity index (χ1v) is 14.3. The average molecular weight is 602 g/mol. The second-order valence-corrected chi connectivity index (χ2v) is 11.3. The maximum Gasteiger partial charge on any atom is 0.326 e. The molecule has 0 saturated heterocycles. The molecule has 0 unspecified atom stereocenters. The van der Waals surface area contributed by atoms with Crippen molar-refractivity contribution in [2.24, 2.45) is 7.05 Å². The number of hydrogen-bond acceptors (Lipinski definition) is 9. The van der Waals surface area contributed by atoms with Crippen LogP contribution in [0.5, 0.6) is 0 Å². The summed E-state index contributed by atoms with van der Waals surface area (Å²) in [5.41, 5.74) is 1.72. The SMILES string of the molecule is Cn1cc2c(nc(NC(=O)Nc3ccc(CC(=O)NCCCCCC(=O)OC(C)(C)C)cc3)n3nc(-c4ccco4)nc23)n1. The van der Waals surface area contributed by atoms with Gasteiger partial charge in [0.15, 0.2) is 17.1 Å². The first-order chi connectivity index (χ1) is 21.0. The highest BCUT2D eigenvalue weighted by Crippen LogP contribution is 2.24. The lowest BCUT2D eigenvalue weighted by atomic mass is 10.1. The number of amides is 3. The largest absolute Gasteiger partial charge is 0.461 e. The highest BCUT2D eigenvalue weighted by molar-refractivity contribution is 6.00. The molecular formula is C30H35N9O5. The summed E-state index contributed by atoms with van der Waals surface area (Å²) >= 11 is 0. The summed E-state index contributed by atoms with van der Waals surface area (Å²) in [5.74, 6) is 0.649. The standard InChI is InChI=1S/C30H35N9O5/c1-30(2,3)44-24(41)10-6-5-7-15-31-23(40)17-19-11-13-20(14-12-19)32-29(42)35-28-34-25-21(18-38(4)36-25)27-33-26(37-39(27)28)22-9-8-16-43-22/h8-9,11-14,16,18H,5-7,10,15,17H2,1-4H3,(H,31,40)(H2,32,34,35,36,42). The van der Waals surface area contributed by atoms with Crippen LogP contribution in [0.2, 0.25) is 0 Å². The Hall–Kier alpha value is -5.27. The number of unbranched alkanes of at least 4 members (excludes halogenated alkanes) is 2. The van der Waals surface area contributed by atoms with E-state index in [2.05, 4.69) is 36.1 Å². The number of ether oxygens (including phenoxy) is 1. The van der Waals surface area contributed by atoms with E-state index in [-0.39, 0.29) is 24.2 Å². The smallest absolute Gasteiger partial charge is 0.326 e. The van der Waals surface area contributed by atoms with Crippen LogP contribution in [0, 0.1) is 0 Å². The zero-order valence-corrected chi connectivity index (χ0v) is 25.1. The van der Waals surface area contributed by atoms with E-state index in [1.54, 1.807) is 54.3 Å². The van der Waals surface area contributed by atoms with Crippen molar-refractivity contribution in [1.82, 2.24) is 34.7 Å². The molecule has 3 amide bonds. The molecule has 230 valence electrons. The Bertz CT molecular complexity index is 1770. The average Bonchev–Trinajstić information content (AvgIpc) is 3.70. The molecule has 4 aromatic heterocycles. The normalized spacial score (nSPS) is 11.5. The molecule has 1 aromatic carbocycles. The summed E-state index contributed by atoms with van der Waals surface area (Å²) in [6.45, 7) is 6.08. The van der Waals surface area contributed by atoms with Crippen molar-refractivity contribution in [3.05, 3.63) is 54.4 Å². The minimum atomic E-state index is -0.540. The Balaban J connectivity index is 1.12. The molecule has 4 heterocycles. The number of hydrogen-bond donors (Lipinski definition) is 3. The lowest BCUT2D eigenvalue weighted by molar-refractivity contribution is -0.154. The van der Waals surface area contributed by atoms with Gasteiger partial charge in [-0.05, 0) is 63.4 Å². The Morgan fingerprint density at radius 1 is 0.977 bits per heavy atom. The molecule has 5 aromatic rings. The van der Waals surface area contributed by atoms with Gasteiger partial charge in [0.2, 0.25) is 17.7 Å². The summed E-state index contributed by atoms with van der Waals surface area (Å²) in [6, 6.07) is 9.93. The monoisotopic (exact) mass is 601 g/mol. The molecule has 0 spiro atoms. The van der Waals surface area contributed by atoms with Crippen LogP contribution in [-0.2, 0) is 27.8 Å². The molecule has 0 aliphatic heterocycles. The van der Waals surface area contributed by atoms with Gasteiger partial charge in [-0.3, -0.25) is 19.6 Å². The molecule has 0 radical (unpaired) electrons. The fourth-order valence-corrected chi connectivity index (χ4v) is 4.50. The van der Waals surface area contributed by atoms with Crippen LogP contribution in [0.25, 0.3) is 28.3 Å². The zero-order chi connectivity index (χ0) is 31.3. The summed E-state index contributed by atoms with van der Waals surface area (Å²) in [6.07, 6.45) is 6.20. The van der Waals surface area contributed by atoms with E-state index in [0.717, 1.165) is 24.8 Å². The highest BCUT2D eigenvalue weighted by atomic mass is 16.6. The minimum absolute atomic E-state index is 0.0997. The van der Waals surface area contributed by atoms with E-state index >= 15 is 0 Å². The lowest BCUT2D eigenvalue weighted by Gasteiger charge is -2.19. The number of carbonyl (C=O) groups is 3. The van der Waals surface area contributed by atoms with Gasteiger partial charge in [-0.25, -0.2) is 9.78 Å². The van der Waals surface area contributed by atoms with Crippen LogP contribution in [0.15, 0.2) is 53.3 Å². The molecule has 14 heteroatoms. The number of aryl methyl sites for hydroxylation is 1. The quantitative estimate of drug-likeness (QED) is 0.146. The first-order valence-electron chi connectivity index (χ1n) is 14.3. The molecule has 3 N–H and O–H groups in total. The van der Waals surface area contributed by atoms with E-state index in [4.69, 9.17) is 9.15 Å². The van der Waals surface area contributed by atoms with E-state index in [0.29, 0.717) is 46.9 Å². The maximum atomic E-state index is 12.9. The van der Waals surface area contributed by atoms with Crippen LogP contribution in [0.4, 0.5) is 16.4 Å². The van der Waals surface area contributed by atoms with Gasteiger partial charge in [0.05, 0.1) is 18.1 Å². The number of aromatic nitrogens is 6. The third-order valence-corrected chi connectivity index (χ3v) is 6.41. The Morgan fingerprint density at radius 2 is 1.77 bits per heavy atom. The van der Waals surface area contributed by atoms with Gasteiger partial charge in [-0.15, -0.1) is 5.10 Å². The van der Waals surface area contributed by atoms with Gasteiger partial charge >= 0.3 is 12.0 Å². The first kappa shape index (κ1) is 30.2. The van der Waals surface area contributed by atoms with E-state index in [1.165, 1.54) is 10.8 Å². The third-order valence-electron chi connectivity index (χ3n) is 6.41. The second kappa shape index (κ2) is 12.9. The number of rotatable bonds is 11. The number of benzene rings is 1. The van der Waals surface area contributed by atoms with Gasteiger partial charge in [0.1, 0.15) is 5.60 Å². The molecule has 0 bridgehead atoms. The van der Waals surface area contributed by atoms with Crippen LogP contribution >= 0.6 is 0 Å². The lowest BCUT2D eigenvalue weighted by Crippen LogP contribution is -2.26. The zero-order valence-electron chi connectivity index (χ0n) is 25.1. The Kier molecular flexibility index (Phi) is 8.88. The van der Waals surface area contributed by atoms with Crippen molar-refractivity contribution in [2.45, 2.75) is 58.5 Å². The number of furan rings is 1. The number of urea groups is 1. The van der Waals surface area contributed by atoms with Crippen LogP contribution in [0.1, 0.15) is 52.0 Å². The fraction of sp³-hybridized carbons (Fsp3) is 0.367. The summed E-state index contributed by atoms with van der Waals surface area (Å²) in [7, 11) is 1.77. The topological polar surface area (TPSA) is 171 Å². The second-order valence-electron chi connectivity index (χ2n) is 11.3. The maximum absolute atomic E-state index is 12.9. The van der Waals surface area contributed by atoms with Crippen molar-refractivity contribution in [3.63, 3.8) is 0 Å². The number of esters is 1. The van der Waals surface area contributed by atoms with Crippen molar-refractivity contribution >= 4 is 46.2 Å². The molecule has 0 aliphatic carbocycles. The van der Waals surface area contributed by atoms with Crippen LogP contribution < -0.4 is 16.0 Å². The highest BCUT2D eigenvalue weighted by Gasteiger charge is 2.19. The van der Waals surface area contributed by atoms with Gasteiger partial charge in [-0.2, -0.15) is 14.6 Å². The molecule has 0 aliphatic rings. The van der Waals surface area contributed by atoms with Crippen molar-refractivity contribution in [2.75, 3.05) is 17.2 Å². The minimum Gasteiger partial charge on any atom is -0.461 e. The van der Waals surface area contributed by atoms with Gasteiger partial charge in [-0.1, -0.05) is 18.6 Å². The van der Waals surface area contributed by atoms with Crippen LogP contribution in [-0.4, -0.2) is 59.4 Å². The van der Waals surface area contributed by atoms with E-state index in [1.807, 2.05) is 20.8 Å². The van der Waals surface area contributed by atoms with Crippen LogP contribution in [0.3, 0.4) is 0 Å². The number of nitrogens with one attached hydrogen (secondary N) is 3. The summed E-state index contributed by atoms with van der Waals surface area (Å²) < 4.78 is 13.8.